The van der Waals surface area contributed by atoms with Crippen LogP contribution in [0.1, 0.15) is 11.1 Å². The summed E-state index contributed by atoms with van der Waals surface area (Å²) in [6.45, 7) is 3.66. The van der Waals surface area contributed by atoms with Crippen LogP contribution in [0.3, 0.4) is 0 Å². The molecule has 0 spiro atoms. The van der Waals surface area contributed by atoms with Crippen LogP contribution in [-0.4, -0.2) is 17.1 Å². The molecule has 3 heteroatoms. The fourth-order valence-corrected chi connectivity index (χ4v) is 1.24. The van der Waals surface area contributed by atoms with Crippen LogP contribution < -0.4 is 5.73 Å². The van der Waals surface area contributed by atoms with E-state index in [4.69, 9.17) is 10.8 Å². The number of carbonyl (C=O) groups is 1. The highest BCUT2D eigenvalue weighted by Crippen LogP contribution is 2.11. The lowest BCUT2D eigenvalue weighted by molar-refractivity contribution is -0.138. The zero-order valence-corrected chi connectivity index (χ0v) is 7.81. The SMILES string of the molecule is C=Cc1ccccc1C[C@H](N)C(=O)O. The minimum absolute atomic E-state index is 0.331. The van der Waals surface area contributed by atoms with Crippen molar-refractivity contribution in [2.75, 3.05) is 0 Å². The van der Waals surface area contributed by atoms with Crippen molar-refractivity contribution in [2.45, 2.75) is 12.5 Å². The Morgan fingerprint density at radius 2 is 2.21 bits per heavy atom. The molecular weight excluding hydrogens is 178 g/mol. The summed E-state index contributed by atoms with van der Waals surface area (Å²) in [7, 11) is 0. The molecule has 1 rings (SSSR count). The van der Waals surface area contributed by atoms with Gasteiger partial charge in [0.15, 0.2) is 0 Å². The molecule has 1 atom stereocenters. The van der Waals surface area contributed by atoms with Crippen molar-refractivity contribution < 1.29 is 9.90 Å². The summed E-state index contributed by atoms with van der Waals surface area (Å²) in [5, 5.41) is 8.66. The molecule has 0 aliphatic carbocycles. The fourth-order valence-electron chi connectivity index (χ4n) is 1.24. The van der Waals surface area contributed by atoms with Crippen LogP contribution in [0.4, 0.5) is 0 Å². The number of nitrogens with two attached hydrogens (primary N) is 1. The van der Waals surface area contributed by atoms with Gasteiger partial charge in [0, 0.05) is 0 Å². The van der Waals surface area contributed by atoms with E-state index in [2.05, 4.69) is 6.58 Å². The van der Waals surface area contributed by atoms with Crippen LogP contribution in [0.2, 0.25) is 0 Å². The summed E-state index contributed by atoms with van der Waals surface area (Å²) in [5.41, 5.74) is 7.29. The molecule has 0 aliphatic rings. The lowest BCUT2D eigenvalue weighted by Gasteiger charge is -2.08. The van der Waals surface area contributed by atoms with E-state index >= 15 is 0 Å². The number of benzene rings is 1. The van der Waals surface area contributed by atoms with Crippen LogP contribution in [-0.2, 0) is 11.2 Å². The molecule has 0 bridgehead atoms. The summed E-state index contributed by atoms with van der Waals surface area (Å²) in [5.74, 6) is -0.983. The number of rotatable bonds is 4. The van der Waals surface area contributed by atoms with E-state index in [1.54, 1.807) is 6.08 Å². The highest BCUT2D eigenvalue weighted by Gasteiger charge is 2.12. The maximum Gasteiger partial charge on any atom is 0.320 e. The minimum Gasteiger partial charge on any atom is -0.480 e. The molecule has 74 valence electrons. The van der Waals surface area contributed by atoms with Gasteiger partial charge in [0.2, 0.25) is 0 Å². The third kappa shape index (κ3) is 2.44. The molecule has 14 heavy (non-hydrogen) atoms. The fraction of sp³-hybridized carbons (Fsp3) is 0.182. The highest BCUT2D eigenvalue weighted by molar-refractivity contribution is 5.73. The van der Waals surface area contributed by atoms with Crippen molar-refractivity contribution in [3.05, 3.63) is 42.0 Å². The van der Waals surface area contributed by atoms with Crippen LogP contribution in [0, 0.1) is 0 Å². The smallest absolute Gasteiger partial charge is 0.320 e. The van der Waals surface area contributed by atoms with Gasteiger partial charge in [0.1, 0.15) is 6.04 Å². The molecule has 0 heterocycles. The van der Waals surface area contributed by atoms with Gasteiger partial charge in [-0.3, -0.25) is 4.79 Å². The van der Waals surface area contributed by atoms with Crippen molar-refractivity contribution in [1.29, 1.82) is 0 Å². The van der Waals surface area contributed by atoms with E-state index in [9.17, 15) is 4.79 Å². The largest absolute Gasteiger partial charge is 0.480 e. The van der Waals surface area contributed by atoms with Crippen molar-refractivity contribution in [3.8, 4) is 0 Å². The van der Waals surface area contributed by atoms with Crippen molar-refractivity contribution in [2.24, 2.45) is 5.73 Å². The number of carboxylic acid groups (broad SMARTS) is 1. The van der Waals surface area contributed by atoms with E-state index in [1.165, 1.54) is 0 Å². The quantitative estimate of drug-likeness (QED) is 0.753. The molecule has 3 N–H and O–H groups in total. The predicted octanol–water partition coefficient (Wildman–Crippen LogP) is 1.28. The normalized spacial score (nSPS) is 12.1. The van der Waals surface area contributed by atoms with Gasteiger partial charge in [0.05, 0.1) is 0 Å². The van der Waals surface area contributed by atoms with Gasteiger partial charge < -0.3 is 10.8 Å². The third-order valence-corrected chi connectivity index (χ3v) is 2.03. The van der Waals surface area contributed by atoms with Crippen LogP contribution >= 0.6 is 0 Å². The van der Waals surface area contributed by atoms with E-state index in [-0.39, 0.29) is 0 Å². The van der Waals surface area contributed by atoms with Gasteiger partial charge in [-0.15, -0.1) is 0 Å². The Bertz CT molecular complexity index is 347. The first-order valence-electron chi connectivity index (χ1n) is 4.34. The third-order valence-electron chi connectivity index (χ3n) is 2.03. The lowest BCUT2D eigenvalue weighted by Crippen LogP contribution is -2.32. The van der Waals surface area contributed by atoms with E-state index in [0.29, 0.717) is 6.42 Å². The molecular formula is C11H13NO2. The molecule has 0 fully saturated rings. The lowest BCUT2D eigenvalue weighted by atomic mass is 10.0. The second-order valence-corrected chi connectivity index (χ2v) is 3.05. The Hall–Kier alpha value is -1.61. The van der Waals surface area contributed by atoms with Gasteiger partial charge in [0.25, 0.3) is 0 Å². The molecule has 0 saturated heterocycles. The number of hydrogen-bond acceptors (Lipinski definition) is 2. The average molecular weight is 191 g/mol. The predicted molar refractivity (Wildman–Crippen MR) is 55.8 cm³/mol. The molecule has 1 aromatic rings. The summed E-state index contributed by atoms with van der Waals surface area (Å²) in [6.07, 6.45) is 2.03. The highest BCUT2D eigenvalue weighted by atomic mass is 16.4. The van der Waals surface area contributed by atoms with Crippen LogP contribution in [0.15, 0.2) is 30.8 Å². The van der Waals surface area contributed by atoms with Gasteiger partial charge in [-0.05, 0) is 17.5 Å². The Labute approximate surface area is 82.9 Å². The molecule has 0 unspecified atom stereocenters. The Balaban J connectivity index is 2.85. The number of aliphatic carboxylic acids is 1. The van der Waals surface area contributed by atoms with E-state index < -0.39 is 12.0 Å². The molecule has 0 amide bonds. The molecule has 0 aromatic heterocycles. The molecule has 0 aliphatic heterocycles. The van der Waals surface area contributed by atoms with E-state index in [1.807, 2.05) is 24.3 Å². The maximum atomic E-state index is 10.6. The summed E-state index contributed by atoms with van der Waals surface area (Å²) < 4.78 is 0. The van der Waals surface area contributed by atoms with Crippen molar-refractivity contribution in [1.82, 2.24) is 0 Å². The minimum atomic E-state index is -0.983. The number of hydrogen-bond donors (Lipinski definition) is 2. The average Bonchev–Trinajstić information content (AvgIpc) is 2.18. The van der Waals surface area contributed by atoms with Gasteiger partial charge in [-0.2, -0.15) is 0 Å². The summed E-state index contributed by atoms with van der Waals surface area (Å²) >= 11 is 0. The van der Waals surface area contributed by atoms with Gasteiger partial charge >= 0.3 is 5.97 Å². The monoisotopic (exact) mass is 191 g/mol. The Morgan fingerprint density at radius 1 is 1.57 bits per heavy atom. The van der Waals surface area contributed by atoms with Crippen molar-refractivity contribution in [3.63, 3.8) is 0 Å². The van der Waals surface area contributed by atoms with Gasteiger partial charge in [-0.25, -0.2) is 0 Å². The molecule has 3 nitrogen and oxygen atoms in total. The van der Waals surface area contributed by atoms with Crippen LogP contribution in [0.25, 0.3) is 6.08 Å². The second-order valence-electron chi connectivity index (χ2n) is 3.05. The maximum absolute atomic E-state index is 10.6. The van der Waals surface area contributed by atoms with E-state index in [0.717, 1.165) is 11.1 Å². The molecule has 0 saturated carbocycles. The number of carboxylic acids is 1. The Kier molecular flexibility index (Phi) is 3.42. The first-order chi connectivity index (χ1) is 6.65. The first-order valence-corrected chi connectivity index (χ1v) is 4.34. The van der Waals surface area contributed by atoms with Gasteiger partial charge in [-0.1, -0.05) is 36.9 Å². The first kappa shape index (κ1) is 10.5. The van der Waals surface area contributed by atoms with Crippen LogP contribution in [0.5, 0.6) is 0 Å². The Morgan fingerprint density at radius 3 is 2.79 bits per heavy atom. The molecule has 1 aromatic carbocycles. The summed E-state index contributed by atoms with van der Waals surface area (Å²) in [4.78, 5) is 10.6. The second kappa shape index (κ2) is 4.58. The zero-order chi connectivity index (χ0) is 10.6. The zero-order valence-electron chi connectivity index (χ0n) is 7.81. The molecule has 0 radical (unpaired) electrons. The summed E-state index contributed by atoms with van der Waals surface area (Å²) in [6, 6.07) is 6.64. The standard InChI is InChI=1S/C11H13NO2/c1-2-8-5-3-4-6-9(8)7-10(12)11(13)14/h2-6,10H,1,7,12H2,(H,13,14)/t10-/m0/s1. The topological polar surface area (TPSA) is 63.3 Å². The van der Waals surface area contributed by atoms with Crippen molar-refractivity contribution >= 4 is 12.0 Å².